The number of anilines is 1. The van der Waals surface area contributed by atoms with Crippen LogP contribution in [0.5, 0.6) is 0 Å². The van der Waals surface area contributed by atoms with Crippen LogP contribution < -0.4 is 5.32 Å². The predicted molar refractivity (Wildman–Crippen MR) is 74.8 cm³/mol. The van der Waals surface area contributed by atoms with Gasteiger partial charge in [0.05, 0.1) is 0 Å². The molecule has 2 rings (SSSR count). The van der Waals surface area contributed by atoms with Gasteiger partial charge in [-0.05, 0) is 56.7 Å². The largest absolute Gasteiger partial charge is 0.462 e. The summed E-state index contributed by atoms with van der Waals surface area (Å²) in [5.41, 5.74) is 1.94. The third kappa shape index (κ3) is 3.81. The van der Waals surface area contributed by atoms with Crippen LogP contribution in [0.4, 0.5) is 5.82 Å². The van der Waals surface area contributed by atoms with Crippen LogP contribution in [0.25, 0.3) is 6.08 Å². The van der Waals surface area contributed by atoms with Crippen LogP contribution in [0.15, 0.2) is 34.8 Å². The molecule has 2 aromatic rings. The normalized spacial score (nSPS) is 10.9. The van der Waals surface area contributed by atoms with Gasteiger partial charge < -0.3 is 9.73 Å². The minimum Gasteiger partial charge on any atom is -0.462 e. The van der Waals surface area contributed by atoms with Crippen molar-refractivity contribution in [3.05, 3.63) is 53.1 Å². The minimum absolute atomic E-state index is 0.230. The van der Waals surface area contributed by atoms with Gasteiger partial charge in [-0.3, -0.25) is 4.79 Å². The number of furan rings is 1. The summed E-state index contributed by atoms with van der Waals surface area (Å²) in [7, 11) is 0. The van der Waals surface area contributed by atoms with Gasteiger partial charge in [-0.15, -0.1) is 0 Å². The number of carbonyl (C=O) groups is 1. The Labute approximate surface area is 112 Å². The molecule has 0 saturated carbocycles. The summed E-state index contributed by atoms with van der Waals surface area (Å²) in [6, 6.07) is 7.45. The Balaban J connectivity index is 2.03. The van der Waals surface area contributed by atoms with Crippen molar-refractivity contribution in [3.8, 4) is 0 Å². The van der Waals surface area contributed by atoms with Gasteiger partial charge >= 0.3 is 0 Å². The van der Waals surface area contributed by atoms with Crippen LogP contribution in [0.1, 0.15) is 22.8 Å². The zero-order chi connectivity index (χ0) is 13.8. The number of nitrogens with zero attached hydrogens (tertiary/aromatic N) is 1. The number of nitrogens with one attached hydrogen (secondary N) is 1. The van der Waals surface area contributed by atoms with Crippen LogP contribution in [-0.4, -0.2) is 10.9 Å². The average Bonchev–Trinajstić information content (AvgIpc) is 2.71. The molecule has 0 unspecified atom stereocenters. The number of hydrogen-bond donors (Lipinski definition) is 1. The summed E-state index contributed by atoms with van der Waals surface area (Å²) in [6.07, 6.45) is 3.06. The molecule has 0 fully saturated rings. The second-order valence-electron chi connectivity index (χ2n) is 4.44. The standard InChI is InChI=1S/C15H16N2O2/c1-10-8-11(2)16-14(9-10)17-15(18)7-6-13-5-4-12(3)19-13/h4-9H,1-3H3,(H,16,17,18)/b7-6+. The first kappa shape index (κ1) is 13.1. The Morgan fingerprint density at radius 3 is 2.68 bits per heavy atom. The van der Waals surface area contributed by atoms with E-state index in [-0.39, 0.29) is 5.91 Å². The molecule has 2 heterocycles. The molecular formula is C15H16N2O2. The molecule has 0 aliphatic heterocycles. The molecule has 0 aromatic carbocycles. The highest BCUT2D eigenvalue weighted by atomic mass is 16.3. The van der Waals surface area contributed by atoms with Gasteiger partial charge in [0.15, 0.2) is 0 Å². The lowest BCUT2D eigenvalue weighted by molar-refractivity contribution is -0.111. The Morgan fingerprint density at radius 1 is 1.26 bits per heavy atom. The van der Waals surface area contributed by atoms with E-state index in [0.717, 1.165) is 17.0 Å². The van der Waals surface area contributed by atoms with Crippen molar-refractivity contribution in [1.82, 2.24) is 4.98 Å². The molecule has 98 valence electrons. The molecule has 2 aromatic heterocycles. The van der Waals surface area contributed by atoms with Crippen LogP contribution in [0, 0.1) is 20.8 Å². The molecule has 19 heavy (non-hydrogen) atoms. The third-order valence-corrected chi connectivity index (χ3v) is 2.51. The van der Waals surface area contributed by atoms with Crippen LogP contribution in [0.3, 0.4) is 0 Å². The summed E-state index contributed by atoms with van der Waals surface area (Å²) < 4.78 is 5.34. The second kappa shape index (κ2) is 5.52. The first-order valence-electron chi connectivity index (χ1n) is 6.04. The summed E-state index contributed by atoms with van der Waals surface area (Å²) in [5.74, 6) is 1.80. The lowest BCUT2D eigenvalue weighted by atomic mass is 10.2. The van der Waals surface area contributed by atoms with Crippen molar-refractivity contribution in [3.63, 3.8) is 0 Å². The molecule has 1 amide bonds. The summed E-state index contributed by atoms with van der Waals surface area (Å²) in [4.78, 5) is 16.0. The van der Waals surface area contributed by atoms with Crippen molar-refractivity contribution in [2.24, 2.45) is 0 Å². The molecule has 0 aliphatic carbocycles. The minimum atomic E-state index is -0.230. The van der Waals surface area contributed by atoms with E-state index >= 15 is 0 Å². The van der Waals surface area contributed by atoms with Gasteiger partial charge in [0.25, 0.3) is 0 Å². The van der Waals surface area contributed by atoms with Crippen molar-refractivity contribution in [1.29, 1.82) is 0 Å². The van der Waals surface area contributed by atoms with Gasteiger partial charge in [0.1, 0.15) is 17.3 Å². The van der Waals surface area contributed by atoms with Crippen LogP contribution in [-0.2, 0) is 4.79 Å². The zero-order valence-corrected chi connectivity index (χ0v) is 11.2. The molecule has 0 bridgehead atoms. The average molecular weight is 256 g/mol. The maximum absolute atomic E-state index is 11.7. The van der Waals surface area contributed by atoms with Crippen LogP contribution >= 0.6 is 0 Å². The second-order valence-corrected chi connectivity index (χ2v) is 4.44. The van der Waals surface area contributed by atoms with E-state index in [1.165, 1.54) is 6.08 Å². The van der Waals surface area contributed by atoms with Gasteiger partial charge in [0, 0.05) is 11.8 Å². The number of rotatable bonds is 3. The quantitative estimate of drug-likeness (QED) is 0.857. The lowest BCUT2D eigenvalue weighted by Gasteiger charge is -2.03. The van der Waals surface area contributed by atoms with Gasteiger partial charge in [-0.2, -0.15) is 0 Å². The summed E-state index contributed by atoms with van der Waals surface area (Å²) >= 11 is 0. The number of aromatic nitrogens is 1. The van der Waals surface area contributed by atoms with Gasteiger partial charge in [0.2, 0.25) is 5.91 Å². The molecule has 0 saturated heterocycles. The third-order valence-electron chi connectivity index (χ3n) is 2.51. The molecule has 0 spiro atoms. The summed E-state index contributed by atoms with van der Waals surface area (Å²) in [5, 5.41) is 2.72. The molecule has 4 nitrogen and oxygen atoms in total. The Bertz CT molecular complexity index is 607. The molecular weight excluding hydrogens is 240 g/mol. The Morgan fingerprint density at radius 2 is 2.05 bits per heavy atom. The first-order valence-corrected chi connectivity index (χ1v) is 6.04. The fraction of sp³-hybridized carbons (Fsp3) is 0.200. The van der Waals surface area contributed by atoms with E-state index in [9.17, 15) is 4.79 Å². The van der Waals surface area contributed by atoms with E-state index in [2.05, 4.69) is 10.3 Å². The van der Waals surface area contributed by atoms with Gasteiger partial charge in [-0.25, -0.2) is 4.98 Å². The lowest BCUT2D eigenvalue weighted by Crippen LogP contribution is -2.09. The highest BCUT2D eigenvalue weighted by Crippen LogP contribution is 2.10. The zero-order valence-electron chi connectivity index (χ0n) is 11.2. The topological polar surface area (TPSA) is 55.1 Å². The number of hydrogen-bond acceptors (Lipinski definition) is 3. The number of amides is 1. The Kier molecular flexibility index (Phi) is 3.80. The van der Waals surface area contributed by atoms with E-state index in [4.69, 9.17) is 4.42 Å². The first-order chi connectivity index (χ1) is 9.02. The number of aryl methyl sites for hydroxylation is 3. The highest BCUT2D eigenvalue weighted by Gasteiger charge is 2.01. The smallest absolute Gasteiger partial charge is 0.249 e. The molecule has 0 radical (unpaired) electrons. The maximum atomic E-state index is 11.7. The molecule has 0 atom stereocenters. The van der Waals surface area contributed by atoms with Crippen molar-refractivity contribution in [2.45, 2.75) is 20.8 Å². The molecule has 4 heteroatoms. The van der Waals surface area contributed by atoms with E-state index in [1.54, 1.807) is 6.08 Å². The van der Waals surface area contributed by atoms with Crippen LogP contribution in [0.2, 0.25) is 0 Å². The van der Waals surface area contributed by atoms with E-state index < -0.39 is 0 Å². The van der Waals surface area contributed by atoms with E-state index in [0.29, 0.717) is 11.6 Å². The maximum Gasteiger partial charge on any atom is 0.249 e. The predicted octanol–water partition coefficient (Wildman–Crippen LogP) is 3.25. The molecule has 0 aliphatic rings. The fourth-order valence-electron chi connectivity index (χ4n) is 1.77. The molecule has 1 N–H and O–H groups in total. The van der Waals surface area contributed by atoms with E-state index in [1.807, 2.05) is 45.0 Å². The summed E-state index contributed by atoms with van der Waals surface area (Å²) in [6.45, 7) is 5.72. The van der Waals surface area contributed by atoms with Crippen molar-refractivity contribution >= 4 is 17.8 Å². The number of pyridine rings is 1. The number of carbonyl (C=O) groups excluding carboxylic acids is 1. The Hall–Kier alpha value is -2.36. The monoisotopic (exact) mass is 256 g/mol. The fourth-order valence-corrected chi connectivity index (χ4v) is 1.77. The SMILES string of the molecule is Cc1cc(C)nc(NC(=O)/C=C/c2ccc(C)o2)c1. The van der Waals surface area contributed by atoms with Gasteiger partial charge in [-0.1, -0.05) is 0 Å². The highest BCUT2D eigenvalue weighted by molar-refractivity contribution is 6.01. The van der Waals surface area contributed by atoms with Crippen molar-refractivity contribution < 1.29 is 9.21 Å². The van der Waals surface area contributed by atoms with Crippen molar-refractivity contribution in [2.75, 3.05) is 5.32 Å².